The highest BCUT2D eigenvalue weighted by Crippen LogP contribution is 2.46. The van der Waals surface area contributed by atoms with E-state index in [0.29, 0.717) is 6.92 Å². The number of nitrogens with zero attached hydrogens (tertiary/aromatic N) is 2. The molecule has 0 amide bonds. The summed E-state index contributed by atoms with van der Waals surface area (Å²) < 4.78 is 53.9. The van der Waals surface area contributed by atoms with E-state index in [1.54, 1.807) is 0 Å². The lowest BCUT2D eigenvalue weighted by molar-refractivity contribution is 0.458. The average Bonchev–Trinajstić information content (AvgIpc) is 2.63. The van der Waals surface area contributed by atoms with Crippen LogP contribution in [-0.2, 0) is 20.2 Å². The van der Waals surface area contributed by atoms with Crippen LogP contribution < -0.4 is 15.1 Å². The van der Waals surface area contributed by atoms with E-state index in [4.69, 9.17) is 9.11 Å². The van der Waals surface area contributed by atoms with Crippen molar-refractivity contribution >= 4 is 54.7 Å². The number of hydrogen-bond donors (Lipinski definition) is 3. The molecule has 12 heteroatoms. The van der Waals surface area contributed by atoms with Crippen molar-refractivity contribution in [1.29, 1.82) is 0 Å². The summed E-state index contributed by atoms with van der Waals surface area (Å²) in [6.07, 6.45) is 0. The van der Waals surface area contributed by atoms with E-state index in [-0.39, 0.29) is 0 Å². The highest BCUT2D eigenvalue weighted by Gasteiger charge is 2.29. The minimum Gasteiger partial charge on any atom is -0.378 e. The first-order valence-corrected chi connectivity index (χ1v) is 12.5. The first-order valence-electron chi connectivity index (χ1n) is 8.70. The molecule has 0 aliphatic carbocycles. The summed E-state index contributed by atoms with van der Waals surface area (Å²) in [5, 5.41) is 3.51. The van der Waals surface area contributed by atoms with Crippen LogP contribution in [0.3, 0.4) is 0 Å². The number of rotatable bonds is 4. The van der Waals surface area contributed by atoms with E-state index >= 15 is 0 Å². The third kappa shape index (κ3) is 6.01. The third-order valence-corrected chi connectivity index (χ3v) is 8.54. The number of hydrogen-bond acceptors (Lipinski definition) is 8. The Labute approximate surface area is 181 Å². The summed E-state index contributed by atoms with van der Waals surface area (Å²) in [5.74, 6) is 0. The molecule has 0 bridgehead atoms. The van der Waals surface area contributed by atoms with Crippen LogP contribution >= 0.6 is 11.8 Å². The van der Waals surface area contributed by atoms with E-state index < -0.39 is 24.8 Å². The van der Waals surface area contributed by atoms with Gasteiger partial charge in [-0.2, -0.15) is 16.8 Å². The summed E-state index contributed by atoms with van der Waals surface area (Å²) in [4.78, 5) is 6.82. The van der Waals surface area contributed by atoms with Crippen molar-refractivity contribution in [3.05, 3.63) is 36.4 Å². The molecule has 1 aliphatic rings. The van der Waals surface area contributed by atoms with Gasteiger partial charge >= 0.3 is 0 Å². The topological polar surface area (TPSA) is 127 Å². The Bertz CT molecular complexity index is 1040. The minimum absolute atomic E-state index is 0.657. The monoisotopic (exact) mass is 475 g/mol. The van der Waals surface area contributed by atoms with Crippen molar-refractivity contribution in [2.24, 2.45) is 0 Å². The maximum atomic E-state index is 9.99. The molecule has 166 valence electrons. The van der Waals surface area contributed by atoms with Crippen LogP contribution in [0.1, 0.15) is 6.92 Å². The smallest absolute Gasteiger partial charge is 0.284 e. The Morgan fingerprint density at radius 2 is 1.17 bits per heavy atom. The third-order valence-electron chi connectivity index (χ3n) is 4.29. The fourth-order valence-corrected chi connectivity index (χ4v) is 4.65. The van der Waals surface area contributed by atoms with Crippen LogP contribution in [0.2, 0.25) is 0 Å². The number of benzene rings is 2. The fourth-order valence-electron chi connectivity index (χ4n) is 2.37. The molecule has 0 saturated heterocycles. The Morgan fingerprint density at radius 3 is 1.43 bits per heavy atom. The molecule has 0 spiro atoms. The lowest BCUT2D eigenvalue weighted by atomic mass is 10.2. The molecule has 0 fully saturated rings. The Balaban J connectivity index is 0.000000274. The van der Waals surface area contributed by atoms with E-state index in [1.807, 2.05) is 11.8 Å². The lowest BCUT2D eigenvalue weighted by Gasteiger charge is -2.24. The van der Waals surface area contributed by atoms with Crippen LogP contribution in [0.15, 0.2) is 46.2 Å². The van der Waals surface area contributed by atoms with Gasteiger partial charge in [0.15, 0.2) is 0 Å². The SMILES string of the molecule is CC(S(=O)(=O)O)S(=O)(=O)O.CN(C)c1ccc2c(c1)Sc1cc(N(C)C)ccc1N2. The van der Waals surface area contributed by atoms with Crippen LogP contribution in [0.5, 0.6) is 0 Å². The van der Waals surface area contributed by atoms with Crippen LogP contribution in [0.4, 0.5) is 22.7 Å². The molecule has 0 atom stereocenters. The van der Waals surface area contributed by atoms with E-state index in [1.165, 1.54) is 32.5 Å². The van der Waals surface area contributed by atoms with E-state index in [0.717, 1.165) is 0 Å². The molecule has 9 nitrogen and oxygen atoms in total. The lowest BCUT2D eigenvalue weighted by Crippen LogP contribution is -2.25. The number of nitrogens with one attached hydrogen (secondary N) is 1. The first-order chi connectivity index (χ1) is 13.7. The van der Waals surface area contributed by atoms with Crippen LogP contribution in [0, 0.1) is 0 Å². The molecule has 3 rings (SSSR count). The van der Waals surface area contributed by atoms with Gasteiger partial charge < -0.3 is 15.1 Å². The van der Waals surface area contributed by atoms with Crippen molar-refractivity contribution in [2.45, 2.75) is 21.3 Å². The molecule has 30 heavy (non-hydrogen) atoms. The molecular formula is C18H25N3O6S3. The normalized spacial score (nSPS) is 12.8. The molecule has 3 N–H and O–H groups in total. The zero-order valence-corrected chi connectivity index (χ0v) is 19.6. The summed E-state index contributed by atoms with van der Waals surface area (Å²) in [5.41, 5.74) is 4.83. The predicted molar refractivity (Wildman–Crippen MR) is 122 cm³/mol. The Hall–Kier alpha value is -1.99. The van der Waals surface area contributed by atoms with Crippen molar-refractivity contribution in [2.75, 3.05) is 43.3 Å². The van der Waals surface area contributed by atoms with Crippen molar-refractivity contribution in [3.8, 4) is 0 Å². The van der Waals surface area contributed by atoms with Gasteiger partial charge in [0.25, 0.3) is 20.2 Å². The largest absolute Gasteiger partial charge is 0.378 e. The summed E-state index contributed by atoms with van der Waals surface area (Å²) in [6.45, 7) is 0.657. The first kappa shape index (κ1) is 24.3. The van der Waals surface area contributed by atoms with E-state index in [9.17, 15) is 16.8 Å². The molecular weight excluding hydrogens is 450 g/mol. The highest BCUT2D eigenvalue weighted by molar-refractivity contribution is 8.03. The van der Waals surface area contributed by atoms with Crippen LogP contribution in [-0.4, -0.2) is 58.7 Å². The highest BCUT2D eigenvalue weighted by atomic mass is 32.3. The van der Waals surface area contributed by atoms with Gasteiger partial charge in [-0.05, 0) is 43.3 Å². The standard InChI is InChI=1S/C16H19N3S.C2H6O6S2/c1-18(2)11-5-7-13-15(9-11)20-16-10-12(19(3)4)6-8-14(16)17-13;1-2(9(3,4)5)10(6,7)8/h5-10,17H,1-4H3;2H,1H3,(H,3,4,5)(H,6,7,8). The second-order valence-corrected chi connectivity index (χ2v) is 11.8. The molecule has 0 unspecified atom stereocenters. The predicted octanol–water partition coefficient (Wildman–Crippen LogP) is 3.13. The van der Waals surface area contributed by atoms with Gasteiger partial charge in [0.05, 0.1) is 11.4 Å². The van der Waals surface area contributed by atoms with Crippen molar-refractivity contribution < 1.29 is 25.9 Å². The maximum Gasteiger partial charge on any atom is 0.284 e. The van der Waals surface area contributed by atoms with Crippen molar-refractivity contribution in [3.63, 3.8) is 0 Å². The number of anilines is 4. The average molecular weight is 476 g/mol. The molecule has 1 heterocycles. The number of fused-ring (bicyclic) bond motifs is 2. The Kier molecular flexibility index (Phi) is 7.30. The molecule has 0 aromatic heterocycles. The second-order valence-electron chi connectivity index (χ2n) is 6.97. The van der Waals surface area contributed by atoms with Gasteiger partial charge in [0, 0.05) is 49.4 Å². The van der Waals surface area contributed by atoms with Crippen LogP contribution in [0.25, 0.3) is 0 Å². The molecule has 1 aliphatic heterocycles. The molecule has 0 radical (unpaired) electrons. The zero-order chi connectivity index (χ0) is 22.9. The summed E-state index contributed by atoms with van der Waals surface area (Å²) >= 11 is 1.83. The maximum absolute atomic E-state index is 9.99. The van der Waals surface area contributed by atoms with E-state index in [2.05, 4.69) is 79.7 Å². The van der Waals surface area contributed by atoms with Gasteiger partial charge in [-0.3, -0.25) is 9.11 Å². The van der Waals surface area contributed by atoms with Gasteiger partial charge in [-0.15, -0.1) is 0 Å². The second kappa shape index (κ2) is 9.02. The molecule has 2 aromatic rings. The molecule has 2 aromatic carbocycles. The minimum atomic E-state index is -4.70. The fraction of sp³-hybridized carbons (Fsp3) is 0.333. The van der Waals surface area contributed by atoms with Gasteiger partial charge in [0.2, 0.25) is 4.58 Å². The molecule has 0 saturated carbocycles. The quantitative estimate of drug-likeness (QED) is 0.484. The van der Waals surface area contributed by atoms with Gasteiger partial charge in [0.1, 0.15) is 0 Å². The zero-order valence-electron chi connectivity index (χ0n) is 17.2. The van der Waals surface area contributed by atoms with Gasteiger partial charge in [-0.1, -0.05) is 11.8 Å². The van der Waals surface area contributed by atoms with Gasteiger partial charge in [-0.25, -0.2) is 0 Å². The van der Waals surface area contributed by atoms with Crippen molar-refractivity contribution in [1.82, 2.24) is 0 Å². The summed E-state index contributed by atoms with van der Waals surface area (Å²) in [7, 11) is -1.12. The summed E-state index contributed by atoms with van der Waals surface area (Å²) in [6, 6.07) is 13.1. The Morgan fingerprint density at radius 1 is 0.800 bits per heavy atom.